The molecule has 0 aliphatic carbocycles. The zero-order chi connectivity index (χ0) is 25.6. The molecule has 0 saturated heterocycles. The van der Waals surface area contributed by atoms with Crippen LogP contribution >= 0.6 is 11.6 Å². The summed E-state index contributed by atoms with van der Waals surface area (Å²) in [5, 5.41) is 9.19. The summed E-state index contributed by atoms with van der Waals surface area (Å²) in [7, 11) is 0. The van der Waals surface area contributed by atoms with Gasteiger partial charge in [-0.2, -0.15) is 48.3 Å². The van der Waals surface area contributed by atoms with Crippen LogP contribution in [0.5, 0.6) is 5.75 Å². The lowest BCUT2D eigenvalue weighted by atomic mass is 9.99. The molecule has 0 bridgehead atoms. The van der Waals surface area contributed by atoms with Gasteiger partial charge in [0.2, 0.25) is 5.78 Å². The molecule has 0 saturated carbocycles. The Morgan fingerprint density at radius 3 is 1.67 bits per heavy atom. The number of Topliss-reactive ketones (excluding diaryl/α,β-unsaturated/α-hetero) is 1. The maximum Gasteiger partial charge on any atom is 0.462 e. The molecule has 0 aromatic heterocycles. The van der Waals surface area contributed by atoms with Gasteiger partial charge in [-0.15, -0.1) is 0 Å². The summed E-state index contributed by atoms with van der Waals surface area (Å²) in [6, 6.07) is 6.15. The number of phenols is 1. The van der Waals surface area contributed by atoms with E-state index in [-0.39, 0.29) is 21.9 Å². The maximum atomic E-state index is 14.4. The molecule has 0 radical (unpaired) electrons. The molecule has 15 heteroatoms. The first-order chi connectivity index (χ1) is 14.7. The highest BCUT2D eigenvalue weighted by atomic mass is 35.5. The number of phenolic OH excluding ortho intramolecular Hbond substituents is 1. The molecule has 2 aromatic carbocycles. The van der Waals surface area contributed by atoms with Gasteiger partial charge in [-0.05, 0) is 23.3 Å². The number of hydrogen-bond donors (Lipinski definition) is 1. The van der Waals surface area contributed by atoms with Gasteiger partial charge in [0.05, 0.1) is 5.02 Å². The second-order valence-corrected chi connectivity index (χ2v) is 6.76. The third kappa shape index (κ3) is 4.86. The summed E-state index contributed by atoms with van der Waals surface area (Å²) < 4.78 is 145. The van der Waals surface area contributed by atoms with E-state index in [1.165, 1.54) is 12.1 Å². The third-order valence-electron chi connectivity index (χ3n) is 4.08. The van der Waals surface area contributed by atoms with Gasteiger partial charge < -0.3 is 5.11 Å². The molecule has 3 nitrogen and oxygen atoms in total. The van der Waals surface area contributed by atoms with Crippen molar-refractivity contribution in [2.75, 3.05) is 0 Å². The Hall–Kier alpha value is -2.61. The molecule has 1 atom stereocenters. The van der Waals surface area contributed by atoms with Gasteiger partial charge in [-0.25, -0.2) is 0 Å². The standard InChI is InChI=1S/C18H8ClF11O3/c19-11-7-10(5-6-12(11)31)8-1-3-9(4-2-8)13(32)14(20,16(23,24)25)33-18(29,30)15(21,22)17(26,27)28/h1-7,31H. The minimum absolute atomic E-state index is 0.0970. The smallest absolute Gasteiger partial charge is 0.462 e. The minimum Gasteiger partial charge on any atom is -0.506 e. The highest BCUT2D eigenvalue weighted by Gasteiger charge is 2.79. The molecule has 0 spiro atoms. The van der Waals surface area contributed by atoms with Crippen molar-refractivity contribution in [3.8, 4) is 16.9 Å². The number of ether oxygens (including phenoxy) is 1. The van der Waals surface area contributed by atoms with Crippen LogP contribution in [0.4, 0.5) is 48.3 Å². The Morgan fingerprint density at radius 1 is 0.758 bits per heavy atom. The third-order valence-corrected chi connectivity index (χ3v) is 4.38. The normalized spacial score (nSPS) is 15.3. The monoisotopic (exact) mass is 516 g/mol. The number of carbonyl (C=O) groups is 1. The summed E-state index contributed by atoms with van der Waals surface area (Å²) in [6.45, 7) is 0. The number of rotatable bonds is 6. The topological polar surface area (TPSA) is 46.5 Å². The number of alkyl halides is 11. The van der Waals surface area contributed by atoms with E-state index in [4.69, 9.17) is 11.6 Å². The zero-order valence-electron chi connectivity index (χ0n) is 15.3. The molecule has 0 fully saturated rings. The van der Waals surface area contributed by atoms with Crippen molar-refractivity contribution < 1.29 is 62.9 Å². The van der Waals surface area contributed by atoms with E-state index < -0.39 is 41.6 Å². The lowest BCUT2D eigenvalue weighted by Crippen LogP contribution is -2.61. The number of ketones is 1. The predicted octanol–water partition coefficient (Wildman–Crippen LogP) is 6.93. The average molecular weight is 517 g/mol. The Balaban J connectivity index is 2.46. The van der Waals surface area contributed by atoms with Crippen LogP contribution in [0, 0.1) is 0 Å². The molecule has 2 aromatic rings. The first kappa shape index (κ1) is 26.6. The zero-order valence-corrected chi connectivity index (χ0v) is 16.1. The van der Waals surface area contributed by atoms with Gasteiger partial charge in [0.25, 0.3) is 0 Å². The first-order valence-corrected chi connectivity index (χ1v) is 8.54. The van der Waals surface area contributed by atoms with Crippen LogP contribution in [0.15, 0.2) is 42.5 Å². The number of carbonyl (C=O) groups excluding carboxylic acids is 1. The molecular formula is C18H8ClF11O3. The molecular weight excluding hydrogens is 509 g/mol. The van der Waals surface area contributed by atoms with Gasteiger partial charge in [0, 0.05) is 5.56 Å². The van der Waals surface area contributed by atoms with Crippen molar-refractivity contribution in [3.63, 3.8) is 0 Å². The van der Waals surface area contributed by atoms with E-state index in [0.717, 1.165) is 18.2 Å². The van der Waals surface area contributed by atoms with E-state index in [2.05, 4.69) is 4.74 Å². The molecule has 1 N–H and O–H groups in total. The van der Waals surface area contributed by atoms with Crippen LogP contribution in [-0.2, 0) is 4.74 Å². The minimum atomic E-state index is -7.27. The molecule has 2 rings (SSSR count). The highest BCUT2D eigenvalue weighted by Crippen LogP contribution is 2.51. The Morgan fingerprint density at radius 2 is 1.24 bits per heavy atom. The summed E-state index contributed by atoms with van der Waals surface area (Å²) in [6.07, 6.45) is -21.0. The highest BCUT2D eigenvalue weighted by molar-refractivity contribution is 6.32. The fraction of sp³-hybridized carbons (Fsp3) is 0.278. The van der Waals surface area contributed by atoms with Crippen LogP contribution in [0.25, 0.3) is 11.1 Å². The van der Waals surface area contributed by atoms with E-state index in [0.29, 0.717) is 12.1 Å². The lowest BCUT2D eigenvalue weighted by Gasteiger charge is -2.34. The van der Waals surface area contributed by atoms with Crippen LogP contribution < -0.4 is 0 Å². The van der Waals surface area contributed by atoms with Crippen LogP contribution in [0.2, 0.25) is 5.02 Å². The largest absolute Gasteiger partial charge is 0.506 e. The SMILES string of the molecule is O=C(c1ccc(-c2ccc(O)c(Cl)c2)cc1)C(F)(OC(F)(F)C(F)(F)C(F)(F)F)C(F)(F)F. The van der Waals surface area contributed by atoms with E-state index in [9.17, 15) is 58.2 Å². The van der Waals surface area contributed by atoms with Crippen molar-refractivity contribution in [2.45, 2.75) is 30.2 Å². The lowest BCUT2D eigenvalue weighted by molar-refractivity contribution is -0.470. The van der Waals surface area contributed by atoms with Gasteiger partial charge in [0.1, 0.15) is 5.75 Å². The van der Waals surface area contributed by atoms with E-state index in [1.807, 2.05) is 0 Å². The Labute approximate surface area is 181 Å². The van der Waals surface area contributed by atoms with Gasteiger partial charge in [-0.3, -0.25) is 9.53 Å². The number of benzene rings is 2. The Kier molecular flexibility index (Phi) is 6.71. The van der Waals surface area contributed by atoms with Crippen molar-refractivity contribution in [2.24, 2.45) is 0 Å². The Bertz CT molecular complexity index is 1030. The summed E-state index contributed by atoms with van der Waals surface area (Å²) in [5.41, 5.74) is -1.04. The maximum absolute atomic E-state index is 14.4. The molecule has 0 aliphatic heterocycles. The van der Waals surface area contributed by atoms with Gasteiger partial charge in [0.15, 0.2) is 0 Å². The molecule has 1 unspecified atom stereocenters. The van der Waals surface area contributed by atoms with Crippen LogP contribution in [-0.4, -0.2) is 41.1 Å². The average Bonchev–Trinajstić information content (AvgIpc) is 2.67. The van der Waals surface area contributed by atoms with Gasteiger partial charge in [-0.1, -0.05) is 41.9 Å². The number of halogens is 12. The predicted molar refractivity (Wildman–Crippen MR) is 89.8 cm³/mol. The van der Waals surface area contributed by atoms with Crippen molar-refractivity contribution in [1.82, 2.24) is 0 Å². The fourth-order valence-corrected chi connectivity index (χ4v) is 2.51. The molecule has 182 valence electrons. The van der Waals surface area contributed by atoms with E-state index >= 15 is 0 Å². The molecule has 0 amide bonds. The van der Waals surface area contributed by atoms with Crippen LogP contribution in [0.3, 0.4) is 0 Å². The summed E-state index contributed by atoms with van der Waals surface area (Å²) in [4.78, 5) is 12.0. The second-order valence-electron chi connectivity index (χ2n) is 6.36. The fourth-order valence-electron chi connectivity index (χ4n) is 2.32. The number of aromatic hydroxyl groups is 1. The molecule has 0 aliphatic rings. The summed E-state index contributed by atoms with van der Waals surface area (Å²) in [5.74, 6) is -16.9. The second kappa shape index (κ2) is 8.31. The van der Waals surface area contributed by atoms with Crippen molar-refractivity contribution >= 4 is 17.4 Å². The number of hydrogen-bond acceptors (Lipinski definition) is 3. The first-order valence-electron chi connectivity index (χ1n) is 8.16. The molecule has 0 heterocycles. The van der Waals surface area contributed by atoms with Crippen molar-refractivity contribution in [3.05, 3.63) is 53.1 Å². The quantitative estimate of drug-likeness (QED) is 0.335. The van der Waals surface area contributed by atoms with Gasteiger partial charge >= 0.3 is 30.2 Å². The van der Waals surface area contributed by atoms with E-state index in [1.54, 1.807) is 0 Å². The van der Waals surface area contributed by atoms with Crippen LogP contribution in [0.1, 0.15) is 10.4 Å². The summed E-state index contributed by atoms with van der Waals surface area (Å²) >= 11 is 5.68. The molecule has 33 heavy (non-hydrogen) atoms. The van der Waals surface area contributed by atoms with Crippen molar-refractivity contribution in [1.29, 1.82) is 0 Å².